The molecular formula is C16H31N3O. The van der Waals surface area contributed by atoms with Crippen molar-refractivity contribution in [2.75, 3.05) is 32.7 Å². The van der Waals surface area contributed by atoms with E-state index in [9.17, 15) is 4.79 Å². The fraction of sp³-hybridized carbons (Fsp3) is 0.938. The molecule has 0 bridgehead atoms. The molecule has 2 unspecified atom stereocenters. The zero-order valence-electron chi connectivity index (χ0n) is 13.2. The van der Waals surface area contributed by atoms with Gasteiger partial charge in [0.1, 0.15) is 0 Å². The second-order valence-corrected chi connectivity index (χ2v) is 6.84. The van der Waals surface area contributed by atoms with Gasteiger partial charge in [-0.05, 0) is 37.6 Å². The number of carbonyl (C=O) groups is 1. The van der Waals surface area contributed by atoms with E-state index < -0.39 is 0 Å². The lowest BCUT2D eigenvalue weighted by atomic mass is 9.95. The molecule has 4 nitrogen and oxygen atoms in total. The molecule has 1 aliphatic carbocycles. The van der Waals surface area contributed by atoms with Crippen LogP contribution in [0.5, 0.6) is 0 Å². The van der Waals surface area contributed by atoms with Crippen LogP contribution in [0.15, 0.2) is 0 Å². The maximum Gasteiger partial charge on any atom is 0.216 e. The fourth-order valence-corrected chi connectivity index (χ4v) is 3.73. The Kier molecular flexibility index (Phi) is 6.30. The van der Waals surface area contributed by atoms with Crippen LogP contribution in [0, 0.1) is 11.8 Å². The van der Waals surface area contributed by atoms with Crippen LogP contribution in [0.4, 0.5) is 0 Å². The largest absolute Gasteiger partial charge is 0.355 e. The first-order valence-corrected chi connectivity index (χ1v) is 8.33. The molecule has 2 atom stereocenters. The first kappa shape index (κ1) is 15.8. The third kappa shape index (κ3) is 5.41. The zero-order valence-corrected chi connectivity index (χ0v) is 13.2. The van der Waals surface area contributed by atoms with Crippen LogP contribution in [0.3, 0.4) is 0 Å². The van der Waals surface area contributed by atoms with Crippen molar-refractivity contribution in [2.24, 2.45) is 11.8 Å². The summed E-state index contributed by atoms with van der Waals surface area (Å²) in [6, 6.07) is 0.636. The van der Waals surface area contributed by atoms with Gasteiger partial charge >= 0.3 is 0 Å². The van der Waals surface area contributed by atoms with E-state index >= 15 is 0 Å². The van der Waals surface area contributed by atoms with E-state index in [1.807, 2.05) is 0 Å². The van der Waals surface area contributed by atoms with Gasteiger partial charge in [-0.25, -0.2) is 0 Å². The molecule has 4 heteroatoms. The van der Waals surface area contributed by atoms with Crippen molar-refractivity contribution in [3.8, 4) is 0 Å². The van der Waals surface area contributed by atoms with Crippen molar-refractivity contribution in [1.29, 1.82) is 0 Å². The van der Waals surface area contributed by atoms with Gasteiger partial charge in [0.05, 0.1) is 0 Å². The second kappa shape index (κ2) is 7.99. The van der Waals surface area contributed by atoms with Gasteiger partial charge in [0.15, 0.2) is 0 Å². The zero-order chi connectivity index (χ0) is 14.4. The van der Waals surface area contributed by atoms with Gasteiger partial charge in [-0.2, -0.15) is 0 Å². The van der Waals surface area contributed by atoms with E-state index in [0.717, 1.165) is 31.5 Å². The van der Waals surface area contributed by atoms with Gasteiger partial charge in [0.2, 0.25) is 5.91 Å². The summed E-state index contributed by atoms with van der Waals surface area (Å²) < 4.78 is 0. The topological polar surface area (TPSA) is 44.4 Å². The molecule has 0 aromatic rings. The summed E-state index contributed by atoms with van der Waals surface area (Å²) in [5, 5.41) is 6.69. The van der Waals surface area contributed by atoms with Crippen molar-refractivity contribution < 1.29 is 4.79 Å². The Hall–Kier alpha value is -0.610. The summed E-state index contributed by atoms with van der Waals surface area (Å²) in [5.41, 5.74) is 0. The normalized spacial score (nSPS) is 28.7. The molecule has 2 fully saturated rings. The highest BCUT2D eigenvalue weighted by atomic mass is 16.1. The lowest BCUT2D eigenvalue weighted by Gasteiger charge is -2.37. The minimum absolute atomic E-state index is 0.0750. The number of piperidine rings is 1. The molecule has 20 heavy (non-hydrogen) atoms. The van der Waals surface area contributed by atoms with E-state index in [4.69, 9.17) is 0 Å². The minimum Gasteiger partial charge on any atom is -0.355 e. The van der Waals surface area contributed by atoms with Crippen molar-refractivity contribution in [3.05, 3.63) is 0 Å². The Balaban J connectivity index is 1.68. The summed E-state index contributed by atoms with van der Waals surface area (Å²) in [6.45, 7) is 9.19. The summed E-state index contributed by atoms with van der Waals surface area (Å²) in [7, 11) is 0. The van der Waals surface area contributed by atoms with Crippen LogP contribution in [-0.2, 0) is 4.79 Å². The Bertz CT molecular complexity index is 302. The van der Waals surface area contributed by atoms with Crippen LogP contribution < -0.4 is 10.6 Å². The van der Waals surface area contributed by atoms with Gasteiger partial charge in [-0.1, -0.05) is 19.8 Å². The average Bonchev–Trinajstić information content (AvgIpc) is 2.88. The number of hydrogen-bond acceptors (Lipinski definition) is 3. The standard InChI is InChI=1S/C16H31N3O/c1-13-9-16(18-10-15-5-3-4-6-15)12-19(11-13)8-7-17-14(2)20/h13,15-16,18H,3-12H2,1-2H3,(H,17,20). The SMILES string of the molecule is CC(=O)NCCN1CC(C)CC(NCC2CCCC2)C1. The van der Waals surface area contributed by atoms with Crippen molar-refractivity contribution in [1.82, 2.24) is 15.5 Å². The van der Waals surface area contributed by atoms with E-state index in [2.05, 4.69) is 22.5 Å². The fourth-order valence-electron chi connectivity index (χ4n) is 3.73. The van der Waals surface area contributed by atoms with Gasteiger partial charge in [0.25, 0.3) is 0 Å². The molecule has 2 aliphatic rings. The molecule has 1 amide bonds. The molecule has 0 aromatic carbocycles. The number of rotatable bonds is 6. The van der Waals surface area contributed by atoms with Crippen LogP contribution in [0.25, 0.3) is 0 Å². The van der Waals surface area contributed by atoms with Gasteiger partial charge in [-0.15, -0.1) is 0 Å². The predicted molar refractivity (Wildman–Crippen MR) is 82.7 cm³/mol. The second-order valence-electron chi connectivity index (χ2n) is 6.84. The minimum atomic E-state index is 0.0750. The van der Waals surface area contributed by atoms with Gasteiger partial charge in [-0.3, -0.25) is 9.69 Å². The van der Waals surface area contributed by atoms with Crippen LogP contribution in [0.2, 0.25) is 0 Å². The maximum atomic E-state index is 10.9. The molecule has 1 heterocycles. The van der Waals surface area contributed by atoms with Crippen LogP contribution in [0.1, 0.15) is 46.0 Å². The molecular weight excluding hydrogens is 250 g/mol. The lowest BCUT2D eigenvalue weighted by molar-refractivity contribution is -0.119. The maximum absolute atomic E-state index is 10.9. The molecule has 2 rings (SSSR count). The number of hydrogen-bond donors (Lipinski definition) is 2. The van der Waals surface area contributed by atoms with Crippen molar-refractivity contribution in [2.45, 2.75) is 52.0 Å². The number of likely N-dealkylation sites (tertiary alicyclic amines) is 1. The predicted octanol–water partition coefficient (Wildman–Crippen LogP) is 1.61. The van der Waals surface area contributed by atoms with E-state index in [1.165, 1.54) is 45.2 Å². The molecule has 1 saturated heterocycles. The quantitative estimate of drug-likeness (QED) is 0.777. The highest BCUT2D eigenvalue weighted by molar-refractivity contribution is 5.72. The first-order chi connectivity index (χ1) is 9.63. The highest BCUT2D eigenvalue weighted by Gasteiger charge is 2.25. The summed E-state index contributed by atoms with van der Waals surface area (Å²) >= 11 is 0. The smallest absolute Gasteiger partial charge is 0.216 e. The Morgan fingerprint density at radius 3 is 2.70 bits per heavy atom. The first-order valence-electron chi connectivity index (χ1n) is 8.33. The highest BCUT2D eigenvalue weighted by Crippen LogP contribution is 2.24. The summed E-state index contributed by atoms with van der Waals surface area (Å²) in [6.07, 6.45) is 6.99. The molecule has 1 saturated carbocycles. The van der Waals surface area contributed by atoms with Crippen LogP contribution >= 0.6 is 0 Å². The molecule has 2 N–H and O–H groups in total. The van der Waals surface area contributed by atoms with Crippen molar-refractivity contribution in [3.63, 3.8) is 0 Å². The summed E-state index contributed by atoms with van der Waals surface area (Å²) in [4.78, 5) is 13.4. The molecule has 0 aromatic heterocycles. The average molecular weight is 281 g/mol. The molecule has 0 radical (unpaired) electrons. The summed E-state index contributed by atoms with van der Waals surface area (Å²) in [5.74, 6) is 1.74. The number of nitrogens with one attached hydrogen (secondary N) is 2. The Morgan fingerprint density at radius 2 is 2.00 bits per heavy atom. The van der Waals surface area contributed by atoms with Gasteiger partial charge in [0, 0.05) is 39.1 Å². The Labute approximate surface area is 123 Å². The molecule has 116 valence electrons. The molecule has 1 aliphatic heterocycles. The number of nitrogens with zero attached hydrogens (tertiary/aromatic N) is 1. The van der Waals surface area contributed by atoms with Crippen molar-refractivity contribution >= 4 is 5.91 Å². The monoisotopic (exact) mass is 281 g/mol. The third-order valence-electron chi connectivity index (χ3n) is 4.71. The van der Waals surface area contributed by atoms with Gasteiger partial charge < -0.3 is 10.6 Å². The molecule has 0 spiro atoms. The van der Waals surface area contributed by atoms with Crippen LogP contribution in [-0.4, -0.2) is 49.6 Å². The Morgan fingerprint density at radius 1 is 1.25 bits per heavy atom. The van der Waals surface area contributed by atoms with E-state index in [1.54, 1.807) is 6.92 Å². The lowest BCUT2D eigenvalue weighted by Crippen LogP contribution is -2.51. The van der Waals surface area contributed by atoms with E-state index in [0.29, 0.717) is 6.04 Å². The third-order valence-corrected chi connectivity index (χ3v) is 4.71. The van der Waals surface area contributed by atoms with E-state index in [-0.39, 0.29) is 5.91 Å². The number of amides is 1. The number of carbonyl (C=O) groups excluding carboxylic acids is 1.